The Morgan fingerprint density at radius 3 is 2.36 bits per heavy atom. The van der Waals surface area contributed by atoms with Gasteiger partial charge in [0.1, 0.15) is 0 Å². The molecule has 1 atom stereocenters. The first kappa shape index (κ1) is 17.5. The van der Waals surface area contributed by atoms with E-state index in [-0.39, 0.29) is 5.91 Å². The summed E-state index contributed by atoms with van der Waals surface area (Å²) in [4.78, 5) is 14.5. The van der Waals surface area contributed by atoms with Crippen molar-refractivity contribution in [3.63, 3.8) is 0 Å². The van der Waals surface area contributed by atoms with Crippen LogP contribution in [0.1, 0.15) is 36.3 Å². The van der Waals surface area contributed by atoms with E-state index in [9.17, 15) is 4.79 Å². The average molecular weight is 336 g/mol. The molecule has 2 aromatic carbocycles. The molecule has 3 nitrogen and oxygen atoms in total. The number of hydrogen-bond donors (Lipinski definition) is 1. The molecule has 3 heteroatoms. The van der Waals surface area contributed by atoms with Gasteiger partial charge in [-0.15, -0.1) is 0 Å². The summed E-state index contributed by atoms with van der Waals surface area (Å²) in [6.45, 7) is 0.701. The lowest BCUT2D eigenvalue weighted by molar-refractivity contribution is -0.121. The topological polar surface area (TPSA) is 32.3 Å². The zero-order chi connectivity index (χ0) is 17.6. The summed E-state index contributed by atoms with van der Waals surface area (Å²) in [5, 5.41) is 3.10. The highest BCUT2D eigenvalue weighted by Crippen LogP contribution is 2.44. The molecule has 132 valence electrons. The van der Waals surface area contributed by atoms with Gasteiger partial charge in [0.15, 0.2) is 0 Å². The Bertz CT molecular complexity index is 675. The summed E-state index contributed by atoms with van der Waals surface area (Å²) in [5.74, 6) is 1.23. The molecule has 0 bridgehead atoms. The zero-order valence-corrected chi connectivity index (χ0v) is 15.2. The maximum absolute atomic E-state index is 12.4. The Labute approximate surface area is 151 Å². The number of benzene rings is 2. The van der Waals surface area contributed by atoms with Crippen molar-refractivity contribution in [2.75, 3.05) is 25.5 Å². The van der Waals surface area contributed by atoms with Crippen molar-refractivity contribution in [2.45, 2.75) is 31.6 Å². The Balaban J connectivity index is 1.47. The van der Waals surface area contributed by atoms with E-state index in [1.807, 2.05) is 20.2 Å². The van der Waals surface area contributed by atoms with Crippen LogP contribution in [0.5, 0.6) is 0 Å². The second-order valence-corrected chi connectivity index (χ2v) is 7.22. The Hall–Kier alpha value is -2.29. The lowest BCUT2D eigenvalue weighted by Crippen LogP contribution is -2.27. The second kappa shape index (κ2) is 8.19. The number of nitrogens with zero attached hydrogens (tertiary/aromatic N) is 1. The lowest BCUT2D eigenvalue weighted by atomic mass is 9.91. The second-order valence-electron chi connectivity index (χ2n) is 7.22. The first-order valence-electron chi connectivity index (χ1n) is 9.21. The molecule has 0 aliphatic heterocycles. The van der Waals surface area contributed by atoms with Crippen LogP contribution in [-0.2, 0) is 11.2 Å². The summed E-state index contributed by atoms with van der Waals surface area (Å²) < 4.78 is 0. The molecule has 2 aromatic rings. The van der Waals surface area contributed by atoms with E-state index in [1.54, 1.807) is 0 Å². The maximum Gasteiger partial charge on any atom is 0.220 e. The number of anilines is 1. The molecule has 0 saturated heterocycles. The van der Waals surface area contributed by atoms with Gasteiger partial charge in [0.05, 0.1) is 0 Å². The van der Waals surface area contributed by atoms with E-state index in [0.717, 1.165) is 6.42 Å². The molecular formula is C22H28N2O. The fourth-order valence-electron chi connectivity index (χ4n) is 3.33. The molecule has 25 heavy (non-hydrogen) atoms. The Morgan fingerprint density at radius 2 is 1.76 bits per heavy atom. The molecule has 0 heterocycles. The van der Waals surface area contributed by atoms with Crippen LogP contribution in [0.25, 0.3) is 0 Å². The summed E-state index contributed by atoms with van der Waals surface area (Å²) in [5.41, 5.74) is 3.76. The quantitative estimate of drug-likeness (QED) is 0.790. The highest BCUT2D eigenvalue weighted by Gasteiger charge is 2.33. The standard InChI is InChI=1S/C22H28N2O/c1-24(2)20-12-8-17(9-13-20)14-15-23-22(25)16-21(19-10-11-19)18-6-4-3-5-7-18/h3-9,12-13,19,21H,10-11,14-16H2,1-2H3,(H,23,25). The van der Waals surface area contributed by atoms with Crippen LogP contribution in [0.4, 0.5) is 5.69 Å². The van der Waals surface area contributed by atoms with Crippen molar-refractivity contribution >= 4 is 11.6 Å². The fourth-order valence-corrected chi connectivity index (χ4v) is 3.33. The van der Waals surface area contributed by atoms with Crippen LogP contribution in [0.3, 0.4) is 0 Å². The van der Waals surface area contributed by atoms with E-state index in [2.05, 4.69) is 58.7 Å². The number of carbonyl (C=O) groups excluding carboxylic acids is 1. The van der Waals surface area contributed by atoms with Gasteiger partial charge in [-0.25, -0.2) is 0 Å². The molecule has 1 aliphatic carbocycles. The van der Waals surface area contributed by atoms with Gasteiger partial charge in [-0.05, 0) is 54.4 Å². The molecule has 1 saturated carbocycles. The van der Waals surface area contributed by atoms with Gasteiger partial charge in [-0.1, -0.05) is 42.5 Å². The normalized spacial score (nSPS) is 14.8. The highest BCUT2D eigenvalue weighted by molar-refractivity contribution is 5.77. The van der Waals surface area contributed by atoms with Crippen LogP contribution in [-0.4, -0.2) is 26.5 Å². The third-order valence-corrected chi connectivity index (χ3v) is 5.01. The zero-order valence-electron chi connectivity index (χ0n) is 15.2. The van der Waals surface area contributed by atoms with Gasteiger partial charge in [-0.3, -0.25) is 4.79 Å². The van der Waals surface area contributed by atoms with Crippen molar-refractivity contribution in [3.8, 4) is 0 Å². The summed E-state index contributed by atoms with van der Waals surface area (Å²) >= 11 is 0. The largest absolute Gasteiger partial charge is 0.378 e. The molecule has 1 fully saturated rings. The first-order valence-corrected chi connectivity index (χ1v) is 9.21. The van der Waals surface area contributed by atoms with Crippen LogP contribution in [0.15, 0.2) is 54.6 Å². The van der Waals surface area contributed by atoms with E-state index in [4.69, 9.17) is 0 Å². The van der Waals surface area contributed by atoms with Gasteiger partial charge < -0.3 is 10.2 Å². The van der Waals surface area contributed by atoms with Crippen molar-refractivity contribution < 1.29 is 4.79 Å². The molecule has 0 spiro atoms. The van der Waals surface area contributed by atoms with E-state index < -0.39 is 0 Å². The number of amides is 1. The third-order valence-electron chi connectivity index (χ3n) is 5.01. The minimum absolute atomic E-state index is 0.172. The number of carbonyl (C=O) groups is 1. The summed E-state index contributed by atoms with van der Waals surface area (Å²) in [7, 11) is 4.08. The Morgan fingerprint density at radius 1 is 1.08 bits per heavy atom. The average Bonchev–Trinajstić information content (AvgIpc) is 3.46. The number of nitrogens with one attached hydrogen (secondary N) is 1. The van der Waals surface area contributed by atoms with Crippen LogP contribution >= 0.6 is 0 Å². The van der Waals surface area contributed by atoms with E-state index >= 15 is 0 Å². The molecular weight excluding hydrogens is 308 g/mol. The van der Waals surface area contributed by atoms with Crippen molar-refractivity contribution in [2.24, 2.45) is 5.92 Å². The number of rotatable bonds is 8. The third kappa shape index (κ3) is 5.09. The monoisotopic (exact) mass is 336 g/mol. The van der Waals surface area contributed by atoms with Gasteiger partial charge in [0.25, 0.3) is 0 Å². The predicted molar refractivity (Wildman–Crippen MR) is 104 cm³/mol. The molecule has 1 amide bonds. The molecule has 0 aromatic heterocycles. The molecule has 0 radical (unpaired) electrons. The van der Waals surface area contributed by atoms with E-state index in [0.29, 0.717) is 24.8 Å². The van der Waals surface area contributed by atoms with Crippen molar-refractivity contribution in [1.82, 2.24) is 5.32 Å². The lowest BCUT2D eigenvalue weighted by Gasteiger charge is -2.16. The van der Waals surface area contributed by atoms with Crippen LogP contribution in [0, 0.1) is 5.92 Å². The van der Waals surface area contributed by atoms with Crippen molar-refractivity contribution in [1.29, 1.82) is 0 Å². The Kier molecular flexibility index (Phi) is 5.75. The maximum atomic E-state index is 12.4. The minimum Gasteiger partial charge on any atom is -0.378 e. The predicted octanol–water partition coefficient (Wildman–Crippen LogP) is 4.00. The molecule has 1 aliphatic rings. The SMILES string of the molecule is CN(C)c1ccc(CCNC(=O)CC(c2ccccc2)C2CC2)cc1. The van der Waals surface area contributed by atoms with Crippen LogP contribution < -0.4 is 10.2 Å². The summed E-state index contributed by atoms with van der Waals surface area (Å²) in [6.07, 6.45) is 3.99. The minimum atomic E-state index is 0.172. The first-order chi connectivity index (χ1) is 12.1. The summed E-state index contributed by atoms with van der Waals surface area (Å²) in [6, 6.07) is 19.0. The van der Waals surface area contributed by atoms with Crippen molar-refractivity contribution in [3.05, 3.63) is 65.7 Å². The molecule has 3 rings (SSSR count). The smallest absolute Gasteiger partial charge is 0.220 e. The van der Waals surface area contributed by atoms with Gasteiger partial charge in [-0.2, -0.15) is 0 Å². The van der Waals surface area contributed by atoms with E-state index in [1.165, 1.54) is 29.7 Å². The fraction of sp³-hybridized carbons (Fsp3) is 0.409. The molecule has 1 unspecified atom stereocenters. The highest BCUT2D eigenvalue weighted by atomic mass is 16.1. The van der Waals surface area contributed by atoms with Crippen LogP contribution in [0.2, 0.25) is 0 Å². The van der Waals surface area contributed by atoms with Gasteiger partial charge in [0.2, 0.25) is 5.91 Å². The molecule has 1 N–H and O–H groups in total. The number of hydrogen-bond acceptors (Lipinski definition) is 2. The van der Waals surface area contributed by atoms with Gasteiger partial charge in [0, 0.05) is 32.7 Å². The van der Waals surface area contributed by atoms with Gasteiger partial charge >= 0.3 is 0 Å².